The fourth-order valence-corrected chi connectivity index (χ4v) is 2.56. The lowest BCUT2D eigenvalue weighted by molar-refractivity contribution is -0.144. The Bertz CT molecular complexity index is 335. The van der Waals surface area contributed by atoms with Crippen LogP contribution in [0.25, 0.3) is 0 Å². The van der Waals surface area contributed by atoms with E-state index in [9.17, 15) is 14.7 Å². The molecule has 0 bridgehead atoms. The molecule has 1 heterocycles. The topological polar surface area (TPSA) is 81.1 Å². The molecule has 1 fully saturated rings. The molecule has 6 nitrogen and oxygen atoms in total. The molecule has 6 heteroatoms. The van der Waals surface area contributed by atoms with Gasteiger partial charge in [0.15, 0.2) is 0 Å². The highest BCUT2D eigenvalue weighted by Gasteiger charge is 2.35. The standard InChI is InChI=1S/C14H26N2O4/c1-11-6-8-16(12(10-11)13(18)19)14(20)15(2)7-4-3-5-9-17/h11-12,17H,3-10H2,1-2H3,(H,18,19). The number of unbranched alkanes of at least 4 members (excludes halogenated alkanes) is 2. The van der Waals surface area contributed by atoms with Gasteiger partial charge in [-0.15, -0.1) is 0 Å². The molecule has 2 amide bonds. The lowest BCUT2D eigenvalue weighted by Gasteiger charge is -2.38. The van der Waals surface area contributed by atoms with Crippen LogP contribution in [0.1, 0.15) is 39.0 Å². The minimum absolute atomic E-state index is 0.169. The molecule has 1 aliphatic heterocycles. The highest BCUT2D eigenvalue weighted by molar-refractivity contribution is 5.82. The summed E-state index contributed by atoms with van der Waals surface area (Å²) in [6, 6.07) is -0.903. The zero-order chi connectivity index (χ0) is 15.1. The summed E-state index contributed by atoms with van der Waals surface area (Å²) in [5, 5.41) is 18.0. The summed E-state index contributed by atoms with van der Waals surface area (Å²) in [4.78, 5) is 26.7. The van der Waals surface area contributed by atoms with E-state index in [2.05, 4.69) is 0 Å². The zero-order valence-corrected chi connectivity index (χ0v) is 12.4. The van der Waals surface area contributed by atoms with Gasteiger partial charge in [-0.3, -0.25) is 0 Å². The van der Waals surface area contributed by atoms with E-state index in [1.807, 2.05) is 6.92 Å². The molecular weight excluding hydrogens is 260 g/mol. The van der Waals surface area contributed by atoms with Crippen LogP contribution >= 0.6 is 0 Å². The number of carboxylic acids is 1. The SMILES string of the molecule is CC1CCN(C(=O)N(C)CCCCCO)C(C(=O)O)C1. The van der Waals surface area contributed by atoms with Crippen molar-refractivity contribution in [3.05, 3.63) is 0 Å². The van der Waals surface area contributed by atoms with Gasteiger partial charge < -0.3 is 20.0 Å². The fraction of sp³-hybridized carbons (Fsp3) is 0.857. The average Bonchev–Trinajstić information content (AvgIpc) is 2.42. The summed E-state index contributed by atoms with van der Waals surface area (Å²) in [6.45, 7) is 3.30. The summed E-state index contributed by atoms with van der Waals surface area (Å²) in [7, 11) is 1.71. The predicted octanol–water partition coefficient (Wildman–Crippen LogP) is 1.39. The van der Waals surface area contributed by atoms with E-state index in [1.54, 1.807) is 11.9 Å². The van der Waals surface area contributed by atoms with Gasteiger partial charge in [-0.1, -0.05) is 6.92 Å². The Morgan fingerprint density at radius 3 is 2.60 bits per heavy atom. The molecule has 2 unspecified atom stereocenters. The number of aliphatic hydroxyl groups is 1. The molecule has 0 saturated carbocycles. The van der Waals surface area contributed by atoms with Gasteiger partial charge in [-0.25, -0.2) is 9.59 Å². The van der Waals surface area contributed by atoms with Crippen LogP contribution in [0.4, 0.5) is 4.79 Å². The first-order valence-electron chi connectivity index (χ1n) is 7.32. The minimum atomic E-state index is -0.918. The van der Waals surface area contributed by atoms with Crippen molar-refractivity contribution >= 4 is 12.0 Å². The van der Waals surface area contributed by atoms with Gasteiger partial charge in [0, 0.05) is 26.7 Å². The predicted molar refractivity (Wildman–Crippen MR) is 75.5 cm³/mol. The first-order valence-corrected chi connectivity index (χ1v) is 7.32. The van der Waals surface area contributed by atoms with Crippen LogP contribution in [0.5, 0.6) is 0 Å². The average molecular weight is 286 g/mol. The summed E-state index contributed by atoms with van der Waals surface area (Å²) in [6.07, 6.45) is 3.81. The van der Waals surface area contributed by atoms with Crippen molar-refractivity contribution in [2.75, 3.05) is 26.7 Å². The quantitative estimate of drug-likeness (QED) is 0.723. The molecule has 0 aromatic rings. The normalized spacial score (nSPS) is 22.6. The second-order valence-electron chi connectivity index (χ2n) is 5.67. The first-order chi connectivity index (χ1) is 9.47. The summed E-state index contributed by atoms with van der Waals surface area (Å²) < 4.78 is 0. The summed E-state index contributed by atoms with van der Waals surface area (Å²) >= 11 is 0. The molecule has 116 valence electrons. The van der Waals surface area contributed by atoms with E-state index >= 15 is 0 Å². The number of piperidine rings is 1. The lowest BCUT2D eigenvalue weighted by atomic mass is 9.92. The molecule has 1 rings (SSSR count). The van der Waals surface area contributed by atoms with E-state index in [-0.39, 0.29) is 12.6 Å². The van der Waals surface area contributed by atoms with Crippen LogP contribution < -0.4 is 0 Å². The number of urea groups is 1. The van der Waals surface area contributed by atoms with Crippen molar-refractivity contribution in [1.82, 2.24) is 9.80 Å². The number of hydrogen-bond acceptors (Lipinski definition) is 3. The van der Waals surface area contributed by atoms with Gasteiger partial charge >= 0.3 is 12.0 Å². The minimum Gasteiger partial charge on any atom is -0.480 e. The largest absolute Gasteiger partial charge is 0.480 e. The number of aliphatic hydroxyl groups excluding tert-OH is 1. The Hall–Kier alpha value is -1.30. The maximum Gasteiger partial charge on any atom is 0.326 e. The van der Waals surface area contributed by atoms with E-state index in [1.165, 1.54) is 4.90 Å². The molecule has 0 radical (unpaired) electrons. The lowest BCUT2D eigenvalue weighted by Crippen LogP contribution is -2.53. The zero-order valence-electron chi connectivity index (χ0n) is 12.4. The smallest absolute Gasteiger partial charge is 0.326 e. The van der Waals surface area contributed by atoms with Crippen molar-refractivity contribution in [2.45, 2.75) is 45.1 Å². The number of rotatable bonds is 6. The molecule has 0 aliphatic carbocycles. The molecular formula is C14H26N2O4. The molecule has 2 N–H and O–H groups in total. The molecule has 20 heavy (non-hydrogen) atoms. The van der Waals surface area contributed by atoms with Crippen molar-refractivity contribution in [2.24, 2.45) is 5.92 Å². The first kappa shape index (κ1) is 16.8. The summed E-state index contributed by atoms with van der Waals surface area (Å²) in [5.74, 6) is -0.575. The van der Waals surface area contributed by atoms with Crippen LogP contribution in [-0.4, -0.2) is 64.8 Å². The monoisotopic (exact) mass is 286 g/mol. The third-order valence-electron chi connectivity index (χ3n) is 3.87. The Labute approximate surface area is 120 Å². The number of likely N-dealkylation sites (tertiary alicyclic amines) is 1. The molecule has 0 aromatic carbocycles. The van der Waals surface area contributed by atoms with Crippen LogP contribution in [0.2, 0.25) is 0 Å². The van der Waals surface area contributed by atoms with Crippen LogP contribution in [0, 0.1) is 5.92 Å². The van der Waals surface area contributed by atoms with Crippen LogP contribution in [0.15, 0.2) is 0 Å². The van der Waals surface area contributed by atoms with Gasteiger partial charge in [-0.05, 0) is 38.0 Å². The molecule has 2 atom stereocenters. The molecule has 0 aromatic heterocycles. The van der Waals surface area contributed by atoms with E-state index in [4.69, 9.17) is 5.11 Å². The molecule has 0 spiro atoms. The Morgan fingerprint density at radius 1 is 1.30 bits per heavy atom. The molecule has 1 saturated heterocycles. The number of carbonyl (C=O) groups excluding carboxylic acids is 1. The van der Waals surface area contributed by atoms with Crippen molar-refractivity contribution in [3.63, 3.8) is 0 Å². The third-order valence-corrected chi connectivity index (χ3v) is 3.87. The van der Waals surface area contributed by atoms with Crippen LogP contribution in [0.3, 0.4) is 0 Å². The fourth-order valence-electron chi connectivity index (χ4n) is 2.56. The Balaban J connectivity index is 2.52. The third kappa shape index (κ3) is 4.67. The van der Waals surface area contributed by atoms with Gasteiger partial charge in [0.05, 0.1) is 0 Å². The maximum atomic E-state index is 12.3. The highest BCUT2D eigenvalue weighted by Crippen LogP contribution is 2.23. The number of nitrogens with zero attached hydrogens (tertiary/aromatic N) is 2. The number of aliphatic carboxylic acids is 1. The number of amides is 2. The van der Waals surface area contributed by atoms with Crippen molar-refractivity contribution in [3.8, 4) is 0 Å². The number of hydrogen-bond donors (Lipinski definition) is 2. The van der Waals surface area contributed by atoms with Gasteiger partial charge in [0.1, 0.15) is 6.04 Å². The van der Waals surface area contributed by atoms with E-state index in [0.717, 1.165) is 25.7 Å². The second kappa shape index (κ2) is 8.09. The Kier molecular flexibility index (Phi) is 6.78. The van der Waals surface area contributed by atoms with Crippen molar-refractivity contribution < 1.29 is 19.8 Å². The van der Waals surface area contributed by atoms with E-state index < -0.39 is 12.0 Å². The van der Waals surface area contributed by atoms with Gasteiger partial charge in [0.2, 0.25) is 0 Å². The van der Waals surface area contributed by atoms with Gasteiger partial charge in [0.25, 0.3) is 0 Å². The Morgan fingerprint density at radius 2 is 2.00 bits per heavy atom. The van der Waals surface area contributed by atoms with E-state index in [0.29, 0.717) is 25.4 Å². The summed E-state index contributed by atoms with van der Waals surface area (Å²) in [5.41, 5.74) is 0. The van der Waals surface area contributed by atoms with Crippen LogP contribution in [-0.2, 0) is 4.79 Å². The maximum absolute atomic E-state index is 12.3. The highest BCUT2D eigenvalue weighted by atomic mass is 16.4. The number of carbonyl (C=O) groups is 2. The second-order valence-corrected chi connectivity index (χ2v) is 5.67. The molecule has 1 aliphatic rings. The van der Waals surface area contributed by atoms with Crippen molar-refractivity contribution in [1.29, 1.82) is 0 Å². The number of carboxylic acid groups (broad SMARTS) is 1. The van der Waals surface area contributed by atoms with Gasteiger partial charge in [-0.2, -0.15) is 0 Å².